The molecule has 0 aliphatic carbocycles. The Morgan fingerprint density at radius 2 is 2.32 bits per heavy atom. The number of carboxylic acids is 1. The van der Waals surface area contributed by atoms with E-state index in [9.17, 15) is 19.1 Å². The highest BCUT2D eigenvalue weighted by Crippen LogP contribution is 2.31. The molecule has 2 atom stereocenters. The van der Waals surface area contributed by atoms with Gasteiger partial charge in [-0.05, 0) is 12.5 Å². The monoisotopic (exact) mass is 310 g/mol. The zero-order valence-corrected chi connectivity index (χ0v) is 11.5. The molecule has 118 valence electrons. The van der Waals surface area contributed by atoms with Crippen LogP contribution in [0.25, 0.3) is 0 Å². The second kappa shape index (κ2) is 4.89. The maximum absolute atomic E-state index is 14.2. The number of aliphatic carboxylic acids is 1. The predicted molar refractivity (Wildman–Crippen MR) is 74.4 cm³/mol. The third-order valence-electron chi connectivity index (χ3n) is 3.97. The van der Waals surface area contributed by atoms with E-state index in [1.165, 1.54) is 0 Å². The number of carboxylic acid groups (broad SMARTS) is 1. The van der Waals surface area contributed by atoms with Crippen LogP contribution in [0, 0.1) is 5.82 Å². The first kappa shape index (κ1) is 14.7. The van der Waals surface area contributed by atoms with Gasteiger partial charge in [-0.3, -0.25) is 4.79 Å². The van der Waals surface area contributed by atoms with Crippen molar-refractivity contribution in [3.63, 3.8) is 0 Å². The maximum Gasteiger partial charge on any atom is 0.345 e. The predicted octanol–water partition coefficient (Wildman–Crippen LogP) is -0.818. The topological polar surface area (TPSA) is 129 Å². The molecule has 3 rings (SSSR count). The molecule has 0 bridgehead atoms. The van der Waals surface area contributed by atoms with Gasteiger partial charge in [-0.25, -0.2) is 14.2 Å². The van der Waals surface area contributed by atoms with Crippen molar-refractivity contribution in [2.24, 2.45) is 5.73 Å². The van der Waals surface area contributed by atoms with Crippen molar-refractivity contribution in [1.82, 2.24) is 4.98 Å². The molecule has 0 radical (unpaired) electrons. The number of Topliss-reactive ketones (excluding diaryl/α,β-unsaturated/α-hetero) is 1. The number of aromatic nitrogens is 1. The van der Waals surface area contributed by atoms with Crippen LogP contribution in [0.1, 0.15) is 16.8 Å². The van der Waals surface area contributed by atoms with Gasteiger partial charge in [-0.1, -0.05) is 0 Å². The Balaban J connectivity index is 2.00. The molecule has 2 aliphatic heterocycles. The first-order valence-corrected chi connectivity index (χ1v) is 6.78. The molecule has 0 aromatic carbocycles. The number of carbonyl (C=O) groups is 2. The summed E-state index contributed by atoms with van der Waals surface area (Å²) in [6, 6.07) is 0.841. The van der Waals surface area contributed by atoms with E-state index in [1.807, 2.05) is 0 Å². The van der Waals surface area contributed by atoms with Gasteiger partial charge in [0.1, 0.15) is 5.82 Å². The van der Waals surface area contributed by atoms with E-state index in [4.69, 9.17) is 10.8 Å². The molecule has 3 heterocycles. The van der Waals surface area contributed by atoms with E-state index in [0.29, 0.717) is 19.5 Å². The summed E-state index contributed by atoms with van der Waals surface area (Å²) >= 11 is 0. The number of hydrogen-bond donors (Lipinski definition) is 4. The first-order valence-electron chi connectivity index (χ1n) is 6.78. The van der Waals surface area contributed by atoms with Crippen molar-refractivity contribution in [3.8, 4) is 0 Å². The van der Waals surface area contributed by atoms with E-state index in [1.54, 1.807) is 4.90 Å². The van der Waals surface area contributed by atoms with Gasteiger partial charge in [0, 0.05) is 19.1 Å². The summed E-state index contributed by atoms with van der Waals surface area (Å²) in [7, 11) is 0. The number of β-amino-alcohol motifs (C(OH)–C–C–N with tert-alkyl or cyclic N) is 1. The molecule has 1 aromatic heterocycles. The number of pyridine rings is 1. The second-order valence-electron chi connectivity index (χ2n) is 5.53. The number of rotatable bonds is 2. The molecule has 2 unspecified atom stereocenters. The van der Waals surface area contributed by atoms with Crippen LogP contribution in [0.5, 0.6) is 0 Å². The minimum Gasteiger partial charge on any atom is -0.479 e. The average Bonchev–Trinajstić information content (AvgIpc) is 2.89. The maximum atomic E-state index is 14.2. The van der Waals surface area contributed by atoms with E-state index < -0.39 is 29.7 Å². The van der Waals surface area contributed by atoms with Crippen molar-refractivity contribution in [1.29, 1.82) is 0 Å². The summed E-state index contributed by atoms with van der Waals surface area (Å²) in [5, 5.41) is 21.4. The highest BCUT2D eigenvalue weighted by molar-refractivity contribution is 6.18. The van der Waals surface area contributed by atoms with Crippen LogP contribution in [0.4, 0.5) is 16.0 Å². The minimum atomic E-state index is -2.61. The van der Waals surface area contributed by atoms with Crippen LogP contribution in [0.3, 0.4) is 0 Å². The summed E-state index contributed by atoms with van der Waals surface area (Å²) in [6.45, 7) is 0.484. The van der Waals surface area contributed by atoms with Crippen LogP contribution in [-0.2, 0) is 4.79 Å². The average molecular weight is 310 g/mol. The minimum absolute atomic E-state index is 0.0627. The van der Waals surface area contributed by atoms with Gasteiger partial charge in [0.15, 0.2) is 11.6 Å². The number of carbonyl (C=O) groups excluding carboxylic acids is 1. The molecule has 0 saturated carbocycles. The number of ketones is 1. The third kappa shape index (κ3) is 2.09. The van der Waals surface area contributed by atoms with Crippen LogP contribution >= 0.6 is 0 Å². The van der Waals surface area contributed by atoms with Gasteiger partial charge < -0.3 is 26.2 Å². The Hall–Kier alpha value is -2.26. The van der Waals surface area contributed by atoms with Crippen LogP contribution in [0.2, 0.25) is 0 Å². The molecule has 9 heteroatoms. The summed E-state index contributed by atoms with van der Waals surface area (Å²) in [5.41, 5.74) is 2.89. The summed E-state index contributed by atoms with van der Waals surface area (Å²) in [5.74, 6) is -3.39. The quantitative estimate of drug-likeness (QED) is 0.522. The Morgan fingerprint density at radius 1 is 1.59 bits per heavy atom. The highest BCUT2D eigenvalue weighted by Gasteiger charge is 2.49. The van der Waals surface area contributed by atoms with Crippen LogP contribution < -0.4 is 16.0 Å². The lowest BCUT2D eigenvalue weighted by molar-refractivity contribution is -0.152. The molecule has 8 nitrogen and oxygen atoms in total. The smallest absolute Gasteiger partial charge is 0.345 e. The van der Waals surface area contributed by atoms with E-state index in [0.717, 1.165) is 6.07 Å². The van der Waals surface area contributed by atoms with Crippen molar-refractivity contribution in [2.75, 3.05) is 29.9 Å². The van der Waals surface area contributed by atoms with Gasteiger partial charge in [0.2, 0.25) is 11.4 Å². The highest BCUT2D eigenvalue weighted by atomic mass is 19.1. The second-order valence-corrected chi connectivity index (χ2v) is 5.53. The fourth-order valence-electron chi connectivity index (χ4n) is 2.68. The zero-order chi connectivity index (χ0) is 16.1. The number of fused-ring (bicyclic) bond motifs is 1. The summed E-state index contributed by atoms with van der Waals surface area (Å²) in [6.07, 6.45) is 0.712. The van der Waals surface area contributed by atoms with Crippen LogP contribution in [-0.4, -0.2) is 58.2 Å². The van der Waals surface area contributed by atoms with Gasteiger partial charge in [0.25, 0.3) is 0 Å². The molecule has 5 N–H and O–H groups in total. The fraction of sp³-hybridized carbons (Fsp3) is 0.462. The molecule has 0 spiro atoms. The Morgan fingerprint density at radius 3 is 2.91 bits per heavy atom. The van der Waals surface area contributed by atoms with Crippen molar-refractivity contribution in [2.45, 2.75) is 18.1 Å². The largest absolute Gasteiger partial charge is 0.479 e. The molecule has 22 heavy (non-hydrogen) atoms. The van der Waals surface area contributed by atoms with E-state index >= 15 is 0 Å². The number of nitrogens with two attached hydrogens (primary N) is 1. The van der Waals surface area contributed by atoms with Crippen molar-refractivity contribution >= 4 is 23.4 Å². The molecule has 2 aliphatic rings. The fourth-order valence-corrected chi connectivity index (χ4v) is 2.68. The lowest BCUT2D eigenvalue weighted by atomic mass is 9.90. The Labute approximate surface area is 124 Å². The standard InChI is InChI=1S/C13H15FN4O4/c14-8-3-7-9(19)13(22,12(20)21)5-16-10(7)17-11(8)18-2-1-6(15)4-18/h3,6,22H,1-2,4-5,15H2,(H,16,17)(H,20,21). The zero-order valence-electron chi connectivity index (χ0n) is 11.5. The molecular weight excluding hydrogens is 295 g/mol. The number of halogens is 1. The number of nitrogens with one attached hydrogen (secondary N) is 1. The van der Waals surface area contributed by atoms with Gasteiger partial charge >= 0.3 is 5.97 Å². The molecule has 0 amide bonds. The van der Waals surface area contributed by atoms with Crippen LogP contribution in [0.15, 0.2) is 6.07 Å². The molecule has 1 saturated heterocycles. The molecular formula is C13H15FN4O4. The lowest BCUT2D eigenvalue weighted by Crippen LogP contribution is -2.54. The van der Waals surface area contributed by atoms with Crippen molar-refractivity contribution < 1.29 is 24.2 Å². The number of nitrogens with zero attached hydrogens (tertiary/aromatic N) is 2. The third-order valence-corrected chi connectivity index (χ3v) is 3.97. The summed E-state index contributed by atoms with van der Waals surface area (Å²) < 4.78 is 14.2. The van der Waals surface area contributed by atoms with Gasteiger partial charge in [0.05, 0.1) is 12.1 Å². The Bertz CT molecular complexity index is 668. The Kier molecular flexibility index (Phi) is 3.26. The van der Waals surface area contributed by atoms with E-state index in [2.05, 4.69) is 10.3 Å². The normalized spacial score (nSPS) is 27.5. The van der Waals surface area contributed by atoms with E-state index in [-0.39, 0.29) is 23.2 Å². The number of aliphatic hydroxyl groups is 1. The first-order chi connectivity index (χ1) is 10.3. The number of anilines is 2. The summed E-state index contributed by atoms with van der Waals surface area (Å²) in [4.78, 5) is 28.9. The van der Waals surface area contributed by atoms with Crippen molar-refractivity contribution in [3.05, 3.63) is 17.4 Å². The molecule has 1 fully saturated rings. The van der Waals surface area contributed by atoms with Gasteiger partial charge in [-0.2, -0.15) is 0 Å². The number of hydrogen-bond acceptors (Lipinski definition) is 7. The molecule has 1 aromatic rings. The van der Waals surface area contributed by atoms with Gasteiger partial charge in [-0.15, -0.1) is 0 Å². The lowest BCUT2D eigenvalue weighted by Gasteiger charge is -2.29. The SMILES string of the molecule is NC1CCN(c2nc3c(cc2F)C(=O)C(O)(C(=O)O)CN3)C1.